The van der Waals surface area contributed by atoms with Crippen LogP contribution >= 0.6 is 11.6 Å². The van der Waals surface area contributed by atoms with Crippen LogP contribution in [0.5, 0.6) is 0 Å². The van der Waals surface area contributed by atoms with Gasteiger partial charge in [0.1, 0.15) is 5.82 Å². The molecule has 0 aliphatic heterocycles. The number of nitrogen functional groups attached to an aromatic ring is 1. The van der Waals surface area contributed by atoms with Gasteiger partial charge in [0.2, 0.25) is 5.91 Å². The van der Waals surface area contributed by atoms with Gasteiger partial charge in [0.25, 0.3) is 5.56 Å². The van der Waals surface area contributed by atoms with Gasteiger partial charge in [-0.3, -0.25) is 23.7 Å². The van der Waals surface area contributed by atoms with Gasteiger partial charge in [-0.25, -0.2) is 9.59 Å². The Balaban J connectivity index is 1.95. The van der Waals surface area contributed by atoms with Gasteiger partial charge in [0, 0.05) is 44.3 Å². The van der Waals surface area contributed by atoms with Gasteiger partial charge < -0.3 is 19.8 Å². The van der Waals surface area contributed by atoms with Crippen molar-refractivity contribution >= 4 is 40.1 Å². The number of aromatic amines is 1. The molecule has 2 heterocycles. The quantitative estimate of drug-likeness (QED) is 0.471. The summed E-state index contributed by atoms with van der Waals surface area (Å²) in [4.78, 5) is 53.7. The van der Waals surface area contributed by atoms with E-state index in [1.165, 1.54) is 27.2 Å². The number of amides is 1. The second kappa shape index (κ2) is 10.1. The summed E-state index contributed by atoms with van der Waals surface area (Å²) in [5.74, 6) is -1.15. The molecule has 0 bridgehead atoms. The Labute approximate surface area is 193 Å². The summed E-state index contributed by atoms with van der Waals surface area (Å²) in [6.07, 6.45) is -0.136. The fraction of sp³-hybridized carbons (Fsp3) is 0.429. The topological polar surface area (TPSA) is 146 Å². The Morgan fingerprint density at radius 2 is 2.00 bits per heavy atom. The first-order valence-corrected chi connectivity index (χ1v) is 10.7. The number of anilines is 2. The number of nitrogens with one attached hydrogen (secondary N) is 1. The van der Waals surface area contributed by atoms with Crippen molar-refractivity contribution in [2.45, 2.75) is 33.4 Å². The monoisotopic (exact) mass is 479 g/mol. The second-order valence-corrected chi connectivity index (χ2v) is 8.35. The lowest BCUT2D eigenvalue weighted by Gasteiger charge is -2.24. The smallest absolute Gasteiger partial charge is 0.408 e. The van der Waals surface area contributed by atoms with Gasteiger partial charge in [-0.2, -0.15) is 0 Å². The van der Waals surface area contributed by atoms with Crippen LogP contribution in [0.1, 0.15) is 20.3 Å². The van der Waals surface area contributed by atoms with E-state index in [9.17, 15) is 19.2 Å². The lowest BCUT2D eigenvalue weighted by molar-refractivity contribution is -0.119. The number of rotatable bonds is 9. The Bertz CT molecular complexity index is 1340. The van der Waals surface area contributed by atoms with Crippen molar-refractivity contribution in [1.82, 2.24) is 14.1 Å². The van der Waals surface area contributed by atoms with Crippen molar-refractivity contribution < 1.29 is 13.9 Å². The Morgan fingerprint density at radius 1 is 1.27 bits per heavy atom. The number of benzene rings is 1. The number of aromatic nitrogens is 3. The average molecular weight is 480 g/mol. The molecule has 0 fully saturated rings. The number of nitrogens with two attached hydrogens (primary N) is 1. The van der Waals surface area contributed by atoms with Crippen LogP contribution in [0.2, 0.25) is 5.02 Å². The molecule has 2 aromatic heterocycles. The number of aryl methyl sites for hydroxylation is 1. The summed E-state index contributed by atoms with van der Waals surface area (Å²) in [5.41, 5.74) is 5.41. The van der Waals surface area contributed by atoms with E-state index in [0.717, 1.165) is 0 Å². The van der Waals surface area contributed by atoms with Gasteiger partial charge in [0.05, 0.1) is 12.1 Å². The van der Waals surface area contributed by atoms with E-state index in [2.05, 4.69) is 4.98 Å². The molecule has 0 spiro atoms. The summed E-state index contributed by atoms with van der Waals surface area (Å²) < 4.78 is 12.8. The molecule has 3 N–H and O–H groups in total. The molecule has 178 valence electrons. The molecular formula is C21H26ClN5O6. The first-order chi connectivity index (χ1) is 15.6. The molecule has 0 radical (unpaired) electrons. The molecule has 0 aliphatic rings. The van der Waals surface area contributed by atoms with Crippen LogP contribution in [0.4, 0.5) is 11.5 Å². The average Bonchev–Trinajstić information content (AvgIpc) is 3.05. The number of methoxy groups -OCH3 is 1. The Kier molecular flexibility index (Phi) is 7.44. The lowest BCUT2D eigenvalue weighted by Crippen LogP contribution is -2.43. The van der Waals surface area contributed by atoms with Crippen molar-refractivity contribution in [2.24, 2.45) is 5.92 Å². The molecule has 0 saturated heterocycles. The largest absolute Gasteiger partial charge is 0.419 e. The molecule has 3 aromatic rings. The van der Waals surface area contributed by atoms with Gasteiger partial charge in [-0.15, -0.1) is 0 Å². The standard InChI is InChI=1S/C21H26ClN5O6/c1-12(2)11-27-18(23)17(19(29)24-20(27)30)26(8-9-32-3)16(28)6-7-25-14-5-4-13(22)10-15(14)33-21(25)31/h4-5,10,12H,6-9,11,23H2,1-3H3,(H,24,29,30). The molecule has 33 heavy (non-hydrogen) atoms. The molecule has 3 rings (SSSR count). The van der Waals surface area contributed by atoms with Gasteiger partial charge in [0.15, 0.2) is 11.3 Å². The minimum absolute atomic E-state index is 0.000770. The number of oxazole rings is 1. The van der Waals surface area contributed by atoms with Crippen LogP contribution in [0.25, 0.3) is 11.1 Å². The maximum atomic E-state index is 13.2. The van der Waals surface area contributed by atoms with E-state index >= 15 is 0 Å². The van der Waals surface area contributed by atoms with E-state index in [1.54, 1.807) is 12.1 Å². The normalized spacial score (nSPS) is 11.4. The minimum atomic E-state index is -0.775. The summed E-state index contributed by atoms with van der Waals surface area (Å²) in [7, 11) is 1.46. The first kappa shape index (κ1) is 24.3. The fourth-order valence-corrected chi connectivity index (χ4v) is 3.68. The first-order valence-electron chi connectivity index (χ1n) is 10.3. The van der Waals surface area contributed by atoms with E-state index < -0.39 is 22.9 Å². The van der Waals surface area contributed by atoms with Crippen molar-refractivity contribution in [3.63, 3.8) is 0 Å². The van der Waals surface area contributed by atoms with Crippen LogP contribution in [0.15, 0.2) is 37.0 Å². The Morgan fingerprint density at radius 3 is 2.67 bits per heavy atom. The molecule has 1 amide bonds. The summed E-state index contributed by atoms with van der Waals surface area (Å²) in [6, 6.07) is 4.75. The maximum absolute atomic E-state index is 13.2. The molecule has 0 saturated carbocycles. The number of carbonyl (C=O) groups excluding carboxylic acids is 1. The third kappa shape index (κ3) is 5.20. The SMILES string of the molecule is COCCN(C(=O)CCn1c(=O)oc2cc(Cl)ccc21)c1c(N)n(CC(C)C)c(=O)[nH]c1=O. The van der Waals surface area contributed by atoms with Crippen molar-refractivity contribution in [3.05, 3.63) is 54.6 Å². The second-order valence-electron chi connectivity index (χ2n) is 7.92. The molecule has 0 atom stereocenters. The van der Waals surface area contributed by atoms with E-state index in [4.69, 9.17) is 26.5 Å². The number of nitrogens with zero attached hydrogens (tertiary/aromatic N) is 3. The number of halogens is 1. The van der Waals surface area contributed by atoms with Crippen LogP contribution in [0.3, 0.4) is 0 Å². The zero-order valence-corrected chi connectivity index (χ0v) is 19.3. The zero-order valence-electron chi connectivity index (χ0n) is 18.6. The van der Waals surface area contributed by atoms with Crippen molar-refractivity contribution in [1.29, 1.82) is 0 Å². The molecule has 0 unspecified atom stereocenters. The fourth-order valence-electron chi connectivity index (χ4n) is 3.52. The maximum Gasteiger partial charge on any atom is 0.419 e. The van der Waals surface area contributed by atoms with Crippen LogP contribution in [0, 0.1) is 5.92 Å². The van der Waals surface area contributed by atoms with Gasteiger partial charge in [-0.1, -0.05) is 25.4 Å². The highest BCUT2D eigenvalue weighted by Crippen LogP contribution is 2.21. The molecule has 11 nitrogen and oxygen atoms in total. The lowest BCUT2D eigenvalue weighted by atomic mass is 10.2. The summed E-state index contributed by atoms with van der Waals surface area (Å²) in [5, 5.41) is 0.413. The Hall–Kier alpha value is -3.31. The highest BCUT2D eigenvalue weighted by atomic mass is 35.5. The zero-order chi connectivity index (χ0) is 24.3. The predicted octanol–water partition coefficient (Wildman–Crippen LogP) is 1.41. The van der Waals surface area contributed by atoms with Gasteiger partial charge >= 0.3 is 11.4 Å². The van der Waals surface area contributed by atoms with Crippen LogP contribution < -0.4 is 27.6 Å². The van der Waals surface area contributed by atoms with E-state index in [0.29, 0.717) is 16.1 Å². The third-order valence-electron chi connectivity index (χ3n) is 5.03. The number of fused-ring (bicyclic) bond motifs is 1. The number of H-pyrrole nitrogens is 1. The highest BCUT2D eigenvalue weighted by Gasteiger charge is 2.25. The highest BCUT2D eigenvalue weighted by molar-refractivity contribution is 6.31. The summed E-state index contributed by atoms with van der Waals surface area (Å²) >= 11 is 5.94. The van der Waals surface area contributed by atoms with E-state index in [1.807, 2.05) is 13.8 Å². The van der Waals surface area contributed by atoms with Crippen molar-refractivity contribution in [2.75, 3.05) is 30.9 Å². The predicted molar refractivity (Wildman–Crippen MR) is 125 cm³/mol. The van der Waals surface area contributed by atoms with Crippen molar-refractivity contribution in [3.8, 4) is 0 Å². The minimum Gasteiger partial charge on any atom is -0.408 e. The molecule has 0 aliphatic carbocycles. The number of hydrogen-bond donors (Lipinski definition) is 2. The third-order valence-corrected chi connectivity index (χ3v) is 5.27. The van der Waals surface area contributed by atoms with Crippen LogP contribution in [-0.2, 0) is 22.6 Å². The molecular weight excluding hydrogens is 454 g/mol. The number of ether oxygens (including phenoxy) is 1. The molecule has 1 aromatic carbocycles. The van der Waals surface area contributed by atoms with Crippen LogP contribution in [-0.4, -0.2) is 40.3 Å². The van der Waals surface area contributed by atoms with E-state index in [-0.39, 0.29) is 50.1 Å². The molecule has 12 heteroatoms. The van der Waals surface area contributed by atoms with Gasteiger partial charge in [-0.05, 0) is 18.1 Å². The number of hydrogen-bond acceptors (Lipinski definition) is 7. The summed E-state index contributed by atoms with van der Waals surface area (Å²) in [6.45, 7) is 4.20. The number of carbonyl (C=O) groups is 1.